The molecule has 0 fully saturated rings. The number of guanidine groups is 2. The van der Waals surface area contributed by atoms with E-state index in [2.05, 4.69) is 65.4 Å². The minimum absolute atomic E-state index is 0.204. The molecule has 0 heterocycles. The number of amides is 2. The highest BCUT2D eigenvalue weighted by Gasteiger charge is 2.17. The number of carbonyl (C=O) groups excluding carboxylic acids is 2. The first kappa shape index (κ1) is 41.0. The van der Waals surface area contributed by atoms with Crippen molar-refractivity contribution in [2.75, 3.05) is 0 Å². The van der Waals surface area contributed by atoms with Crippen molar-refractivity contribution in [2.24, 2.45) is 32.9 Å². The number of aliphatic imine (C=N–C) groups is 2. The summed E-state index contributed by atoms with van der Waals surface area (Å²) in [5, 5.41) is 0. The summed E-state index contributed by atoms with van der Waals surface area (Å²) in [5.74, 6) is -0.760. The van der Waals surface area contributed by atoms with Crippen LogP contribution in [0.5, 0.6) is 0 Å². The van der Waals surface area contributed by atoms with Crippen molar-refractivity contribution < 1.29 is 9.59 Å². The second-order valence-electron chi connectivity index (χ2n) is 7.19. The Morgan fingerprint density at radius 1 is 0.769 bits per heavy atom. The Kier molecular flexibility index (Phi) is 27.1. The Bertz CT molecular complexity index is 1050. The van der Waals surface area contributed by atoms with E-state index < -0.39 is 5.91 Å². The minimum Gasteiger partial charge on any atom is -0.370 e. The molecule has 0 radical (unpaired) electrons. The first-order chi connectivity index (χ1) is 18.7. The lowest BCUT2D eigenvalue weighted by Gasteiger charge is -2.14. The zero-order valence-electron chi connectivity index (χ0n) is 24.5. The minimum atomic E-state index is -0.421. The average molecular weight is 765 g/mol. The van der Waals surface area contributed by atoms with Crippen LogP contribution in [0.25, 0.3) is 0 Å². The van der Waals surface area contributed by atoms with E-state index in [1.807, 2.05) is 67.5 Å². The molecule has 0 bridgehead atoms. The third-order valence-electron chi connectivity index (χ3n) is 4.74. The van der Waals surface area contributed by atoms with E-state index in [-0.39, 0.29) is 17.8 Å². The van der Waals surface area contributed by atoms with Crippen LogP contribution in [0.4, 0.5) is 0 Å². The third-order valence-corrected chi connectivity index (χ3v) is 4.74. The molecule has 0 saturated heterocycles. The Morgan fingerprint density at radius 3 is 1.69 bits per heavy atom. The van der Waals surface area contributed by atoms with Gasteiger partial charge in [-0.25, -0.2) is 0 Å². The van der Waals surface area contributed by atoms with Crippen LogP contribution in [-0.2, 0) is 0 Å². The van der Waals surface area contributed by atoms with Crippen molar-refractivity contribution in [3.05, 3.63) is 82.4 Å². The molecule has 8 N–H and O–H groups in total. The van der Waals surface area contributed by atoms with E-state index >= 15 is 0 Å². The van der Waals surface area contributed by atoms with Gasteiger partial charge in [-0.2, -0.15) is 9.98 Å². The highest BCUT2D eigenvalue weighted by Crippen LogP contribution is 2.32. The van der Waals surface area contributed by atoms with Gasteiger partial charge in [-0.3, -0.25) is 9.59 Å². The number of hydrogen-bond acceptors (Lipinski definition) is 2. The van der Waals surface area contributed by atoms with Crippen LogP contribution in [0.1, 0.15) is 97.7 Å². The van der Waals surface area contributed by atoms with Gasteiger partial charge >= 0.3 is 0 Å². The summed E-state index contributed by atoms with van der Waals surface area (Å²) in [6, 6.07) is 12.6. The van der Waals surface area contributed by atoms with Crippen LogP contribution in [-0.4, -0.2) is 23.7 Å². The quantitative estimate of drug-likeness (QED) is 0.113. The number of allylic oxidation sites excluding steroid dienone is 2. The van der Waals surface area contributed by atoms with Crippen LogP contribution in [0, 0.1) is 13.8 Å². The first-order valence-electron chi connectivity index (χ1n) is 12.9. The number of halogens is 2. The highest BCUT2D eigenvalue weighted by molar-refractivity contribution is 15.0. The number of rotatable bonds is 3. The van der Waals surface area contributed by atoms with E-state index in [1.54, 1.807) is 24.3 Å². The Hall–Kier alpha value is -2.48. The van der Waals surface area contributed by atoms with Crippen LogP contribution < -0.4 is 22.9 Å². The second-order valence-corrected chi connectivity index (χ2v) is 7.19. The predicted molar refractivity (Wildman–Crippen MR) is 186 cm³/mol. The summed E-state index contributed by atoms with van der Waals surface area (Å²) in [6.45, 7) is 15.9. The fraction of sp³-hybridized carbons (Fsp3) is 0.379. The summed E-state index contributed by atoms with van der Waals surface area (Å²) in [7, 11) is 0. The highest BCUT2D eigenvalue weighted by atomic mass is 128. The molecule has 0 spiro atoms. The zero-order chi connectivity index (χ0) is 31.0. The molecule has 0 saturated carbocycles. The van der Waals surface area contributed by atoms with Gasteiger partial charge in [0, 0.05) is 54.3 Å². The number of benzene rings is 2. The van der Waals surface area contributed by atoms with Gasteiger partial charge in [0.1, 0.15) is 0 Å². The summed E-state index contributed by atoms with van der Waals surface area (Å²) < 4.78 is 0. The lowest BCUT2D eigenvalue weighted by Crippen LogP contribution is -2.24. The van der Waals surface area contributed by atoms with E-state index in [0.29, 0.717) is 17.0 Å². The van der Waals surface area contributed by atoms with Gasteiger partial charge in [0.05, 0.1) is 0 Å². The molecule has 2 amide bonds. The summed E-state index contributed by atoms with van der Waals surface area (Å²) in [4.78, 5) is 30.0. The zero-order valence-corrected chi connectivity index (χ0v) is 28.8. The second kappa shape index (κ2) is 25.8. The molecule has 0 aromatic heterocycles. The van der Waals surface area contributed by atoms with Gasteiger partial charge in [0.15, 0.2) is 11.9 Å². The molecule has 1 aliphatic rings. The number of nitrogens with zero attached hydrogens (tertiary/aromatic N) is 2. The normalized spacial score (nSPS) is 11.9. The van der Waals surface area contributed by atoms with Crippen molar-refractivity contribution in [3.8, 4) is 0 Å². The van der Waals surface area contributed by atoms with Crippen LogP contribution in [0.15, 0.2) is 64.6 Å². The molecule has 2 aromatic rings. The SMILES string of the molecule is CC.CC.CC.Cc1cc(C2C=CCC2)c(C)cc1C(=O)N=C(N)N.II.NC(N)=NC(=O)c1ccccc1. The maximum absolute atomic E-state index is 11.9. The molecule has 8 nitrogen and oxygen atoms in total. The van der Waals surface area contributed by atoms with E-state index in [4.69, 9.17) is 22.9 Å². The molecule has 2 aromatic carbocycles. The molecule has 1 atom stereocenters. The van der Waals surface area contributed by atoms with Gasteiger partial charge in [-0.15, -0.1) is 0 Å². The first-order valence-corrected chi connectivity index (χ1v) is 19.2. The smallest absolute Gasteiger partial charge is 0.280 e. The van der Waals surface area contributed by atoms with Gasteiger partial charge in [0.25, 0.3) is 11.8 Å². The van der Waals surface area contributed by atoms with Gasteiger partial charge in [-0.1, -0.05) is 78.0 Å². The third kappa shape index (κ3) is 17.0. The molecule has 10 heteroatoms. The van der Waals surface area contributed by atoms with Crippen molar-refractivity contribution in [2.45, 2.75) is 74.1 Å². The summed E-state index contributed by atoms with van der Waals surface area (Å²) in [6.07, 6.45) is 6.70. The molecule has 3 rings (SSSR count). The van der Waals surface area contributed by atoms with Crippen LogP contribution in [0.2, 0.25) is 0 Å². The predicted octanol–water partition coefficient (Wildman–Crippen LogP) is 7.10. The fourth-order valence-electron chi connectivity index (χ4n) is 3.30. The Labute approximate surface area is 258 Å². The molecular weight excluding hydrogens is 718 g/mol. The number of nitrogens with two attached hydrogens (primary N) is 4. The monoisotopic (exact) mass is 764 g/mol. The van der Waals surface area contributed by atoms with Crippen molar-refractivity contribution in [1.82, 2.24) is 0 Å². The number of carbonyl (C=O) groups is 2. The summed E-state index contributed by atoms with van der Waals surface area (Å²) in [5.41, 5.74) is 24.9. The molecule has 1 unspecified atom stereocenters. The molecule has 0 aliphatic heterocycles. The molecule has 1 aliphatic carbocycles. The summed E-state index contributed by atoms with van der Waals surface area (Å²) >= 11 is 4.24. The van der Waals surface area contributed by atoms with E-state index in [9.17, 15) is 9.59 Å². The van der Waals surface area contributed by atoms with Gasteiger partial charge < -0.3 is 22.9 Å². The lowest BCUT2D eigenvalue weighted by atomic mass is 9.90. The molecular formula is C29H46I2N6O2. The van der Waals surface area contributed by atoms with Crippen molar-refractivity contribution >= 4 is 61.0 Å². The van der Waals surface area contributed by atoms with Gasteiger partial charge in [-0.05, 0) is 61.6 Å². The Balaban J connectivity index is -0.000000559. The molecule has 218 valence electrons. The largest absolute Gasteiger partial charge is 0.370 e. The van der Waals surface area contributed by atoms with Crippen LogP contribution in [0.3, 0.4) is 0 Å². The average Bonchev–Trinajstić information content (AvgIpc) is 3.49. The topological polar surface area (TPSA) is 163 Å². The molecule has 39 heavy (non-hydrogen) atoms. The van der Waals surface area contributed by atoms with Gasteiger partial charge in [0.2, 0.25) is 0 Å². The standard InChI is InChI=1S/C15H19N3O.C8H9N3O.3C2H6.I2/c1-9-8-13(14(19)18-15(16)17)10(2)7-12(9)11-5-3-4-6-11;9-8(10)11-7(12)6-4-2-1-3-5-6;4*1-2/h3,5,7-8,11H,4,6H2,1-2H3,(H4,16,17,18,19);1-5H,(H4,9,10,11,12);3*1-2H3;. The maximum Gasteiger partial charge on any atom is 0.280 e. The number of hydrogen-bond donors (Lipinski definition) is 4. The lowest BCUT2D eigenvalue weighted by molar-refractivity contribution is 0.0994. The Morgan fingerprint density at radius 2 is 1.26 bits per heavy atom. The van der Waals surface area contributed by atoms with E-state index in [0.717, 1.165) is 24.0 Å². The number of aryl methyl sites for hydroxylation is 2. The van der Waals surface area contributed by atoms with E-state index in [1.165, 1.54) is 5.56 Å². The van der Waals surface area contributed by atoms with Crippen molar-refractivity contribution in [3.63, 3.8) is 0 Å². The van der Waals surface area contributed by atoms with Crippen LogP contribution >= 0.6 is 37.2 Å². The maximum atomic E-state index is 11.9. The fourth-order valence-corrected chi connectivity index (χ4v) is 3.30. The van der Waals surface area contributed by atoms with Crippen molar-refractivity contribution in [1.29, 1.82) is 0 Å².